The van der Waals surface area contributed by atoms with Gasteiger partial charge in [-0.15, -0.1) is 12.4 Å². The minimum atomic E-state index is 0. The van der Waals surface area contributed by atoms with E-state index in [0.717, 1.165) is 12.0 Å². The molecule has 0 atom stereocenters. The lowest BCUT2D eigenvalue weighted by atomic mass is 10.2. The Hall–Kier alpha value is -1.63. The van der Waals surface area contributed by atoms with Gasteiger partial charge in [0.15, 0.2) is 0 Å². The smallest absolute Gasteiger partial charge is 0.226 e. The van der Waals surface area contributed by atoms with Crippen molar-refractivity contribution in [2.75, 3.05) is 13.1 Å². The molecular formula is C15H20Cl2N4O2. The Bertz CT molecular complexity index is 602. The summed E-state index contributed by atoms with van der Waals surface area (Å²) < 4.78 is 5.19. The van der Waals surface area contributed by atoms with E-state index in [1.165, 1.54) is 0 Å². The number of aromatic nitrogens is 2. The van der Waals surface area contributed by atoms with Crippen LogP contribution in [-0.2, 0) is 11.2 Å². The molecule has 6 nitrogen and oxygen atoms in total. The number of benzene rings is 1. The summed E-state index contributed by atoms with van der Waals surface area (Å²) in [5, 5.41) is 7.40. The summed E-state index contributed by atoms with van der Waals surface area (Å²) in [4.78, 5) is 15.8. The first-order chi connectivity index (χ1) is 10.7. The second-order valence-electron chi connectivity index (χ2n) is 4.86. The van der Waals surface area contributed by atoms with Gasteiger partial charge in [0.25, 0.3) is 0 Å². The van der Waals surface area contributed by atoms with Gasteiger partial charge >= 0.3 is 0 Å². The van der Waals surface area contributed by atoms with Gasteiger partial charge < -0.3 is 15.6 Å². The van der Waals surface area contributed by atoms with Gasteiger partial charge in [0.1, 0.15) is 0 Å². The van der Waals surface area contributed by atoms with Gasteiger partial charge in [-0.2, -0.15) is 4.98 Å². The first-order valence-corrected chi connectivity index (χ1v) is 7.62. The number of carbonyl (C=O) groups is 1. The monoisotopic (exact) mass is 358 g/mol. The summed E-state index contributed by atoms with van der Waals surface area (Å²) in [5.74, 6) is 1.07. The molecular weight excluding hydrogens is 339 g/mol. The van der Waals surface area contributed by atoms with Crippen molar-refractivity contribution < 1.29 is 9.32 Å². The van der Waals surface area contributed by atoms with Gasteiger partial charge in [0, 0.05) is 30.0 Å². The molecule has 23 heavy (non-hydrogen) atoms. The lowest BCUT2D eigenvalue weighted by Gasteiger charge is -2.02. The van der Waals surface area contributed by atoms with E-state index in [0.29, 0.717) is 49.1 Å². The molecule has 1 heterocycles. The van der Waals surface area contributed by atoms with Crippen LogP contribution >= 0.6 is 24.0 Å². The Labute approximate surface area is 146 Å². The Morgan fingerprint density at radius 2 is 2.00 bits per heavy atom. The van der Waals surface area contributed by atoms with Crippen LogP contribution in [-0.4, -0.2) is 29.1 Å². The third-order valence-corrected chi connectivity index (χ3v) is 3.32. The molecule has 0 aliphatic rings. The summed E-state index contributed by atoms with van der Waals surface area (Å²) in [6.07, 6.45) is 2.46. The Morgan fingerprint density at radius 1 is 1.26 bits per heavy atom. The fourth-order valence-corrected chi connectivity index (χ4v) is 2.02. The van der Waals surface area contributed by atoms with E-state index in [9.17, 15) is 4.79 Å². The number of nitrogens with zero attached hydrogens (tertiary/aromatic N) is 2. The first-order valence-electron chi connectivity index (χ1n) is 7.24. The second-order valence-corrected chi connectivity index (χ2v) is 5.30. The van der Waals surface area contributed by atoms with Gasteiger partial charge in [-0.25, -0.2) is 0 Å². The molecule has 0 saturated carbocycles. The number of carbonyl (C=O) groups excluding carboxylic acids is 1. The number of hydrogen-bond donors (Lipinski definition) is 2. The van der Waals surface area contributed by atoms with E-state index in [1.807, 2.05) is 12.1 Å². The van der Waals surface area contributed by atoms with E-state index < -0.39 is 0 Å². The van der Waals surface area contributed by atoms with E-state index in [1.54, 1.807) is 12.1 Å². The summed E-state index contributed by atoms with van der Waals surface area (Å²) in [6.45, 7) is 1.20. The molecule has 126 valence electrons. The van der Waals surface area contributed by atoms with Crippen LogP contribution in [0.15, 0.2) is 28.8 Å². The Morgan fingerprint density at radius 3 is 2.70 bits per heavy atom. The fourth-order valence-electron chi connectivity index (χ4n) is 1.89. The maximum absolute atomic E-state index is 11.5. The van der Waals surface area contributed by atoms with E-state index in [-0.39, 0.29) is 18.3 Å². The normalized spacial score (nSPS) is 10.2. The molecule has 2 aromatic rings. The molecule has 0 aliphatic heterocycles. The highest BCUT2D eigenvalue weighted by Gasteiger charge is 2.09. The van der Waals surface area contributed by atoms with Crippen LogP contribution in [0.25, 0.3) is 11.4 Å². The van der Waals surface area contributed by atoms with E-state index >= 15 is 0 Å². The lowest BCUT2D eigenvalue weighted by molar-refractivity contribution is -0.121. The molecule has 1 amide bonds. The average Bonchev–Trinajstić information content (AvgIpc) is 2.97. The standard InChI is InChI=1S/C15H19ClN4O2.ClH/c16-12-7-5-11(6-8-12)15-19-14(22-20-15)4-1-3-13(21)18-10-2-9-17;/h5-8H,1-4,9-10,17H2,(H,18,21);1H. The fraction of sp³-hybridized carbons (Fsp3) is 0.400. The Kier molecular flexibility index (Phi) is 8.61. The lowest BCUT2D eigenvalue weighted by Crippen LogP contribution is -2.25. The molecule has 2 rings (SSSR count). The van der Waals surface area contributed by atoms with Crippen LogP contribution in [0, 0.1) is 0 Å². The van der Waals surface area contributed by atoms with Crippen LogP contribution in [0.1, 0.15) is 25.2 Å². The number of hydrogen-bond acceptors (Lipinski definition) is 5. The number of rotatable bonds is 8. The second kappa shape index (κ2) is 10.2. The molecule has 0 fully saturated rings. The zero-order valence-electron chi connectivity index (χ0n) is 12.6. The highest BCUT2D eigenvalue weighted by atomic mass is 35.5. The van der Waals surface area contributed by atoms with Crippen molar-refractivity contribution in [1.82, 2.24) is 15.5 Å². The Balaban J connectivity index is 0.00000264. The van der Waals surface area contributed by atoms with Gasteiger partial charge in [-0.05, 0) is 43.7 Å². The summed E-state index contributed by atoms with van der Waals surface area (Å²) >= 11 is 5.84. The van der Waals surface area contributed by atoms with Crippen molar-refractivity contribution in [2.24, 2.45) is 5.73 Å². The average molecular weight is 359 g/mol. The van der Waals surface area contributed by atoms with Crippen LogP contribution in [0.4, 0.5) is 0 Å². The van der Waals surface area contributed by atoms with Crippen molar-refractivity contribution in [3.8, 4) is 11.4 Å². The van der Waals surface area contributed by atoms with Gasteiger partial charge in [-0.3, -0.25) is 4.79 Å². The molecule has 0 radical (unpaired) electrons. The van der Waals surface area contributed by atoms with Gasteiger partial charge in [0.05, 0.1) is 0 Å². The topological polar surface area (TPSA) is 94.0 Å². The molecule has 8 heteroatoms. The van der Waals surface area contributed by atoms with Crippen LogP contribution in [0.3, 0.4) is 0 Å². The molecule has 0 aliphatic carbocycles. The first kappa shape index (κ1) is 19.4. The number of halogens is 2. The molecule has 0 saturated heterocycles. The van der Waals surface area contributed by atoms with Crippen molar-refractivity contribution in [3.63, 3.8) is 0 Å². The third kappa shape index (κ3) is 6.56. The predicted octanol–water partition coefficient (Wildman–Crippen LogP) is 2.60. The largest absolute Gasteiger partial charge is 0.356 e. The molecule has 0 spiro atoms. The quantitative estimate of drug-likeness (QED) is 0.707. The highest BCUT2D eigenvalue weighted by molar-refractivity contribution is 6.30. The highest BCUT2D eigenvalue weighted by Crippen LogP contribution is 2.19. The van der Waals surface area contributed by atoms with Gasteiger partial charge in [0.2, 0.25) is 17.6 Å². The third-order valence-electron chi connectivity index (χ3n) is 3.07. The summed E-state index contributed by atoms with van der Waals surface area (Å²) in [5.41, 5.74) is 6.21. The molecule has 3 N–H and O–H groups in total. The predicted molar refractivity (Wildman–Crippen MR) is 91.6 cm³/mol. The molecule has 1 aromatic heterocycles. The number of amides is 1. The van der Waals surface area contributed by atoms with Crippen molar-refractivity contribution in [2.45, 2.75) is 25.7 Å². The molecule has 0 unspecified atom stereocenters. The molecule has 0 bridgehead atoms. The number of nitrogens with one attached hydrogen (secondary N) is 1. The van der Waals surface area contributed by atoms with E-state index in [4.69, 9.17) is 21.9 Å². The van der Waals surface area contributed by atoms with Crippen molar-refractivity contribution in [1.29, 1.82) is 0 Å². The van der Waals surface area contributed by atoms with Gasteiger partial charge in [-0.1, -0.05) is 16.8 Å². The summed E-state index contributed by atoms with van der Waals surface area (Å²) in [7, 11) is 0. The zero-order valence-corrected chi connectivity index (χ0v) is 14.2. The molecule has 1 aromatic carbocycles. The van der Waals surface area contributed by atoms with E-state index in [2.05, 4.69) is 15.5 Å². The van der Waals surface area contributed by atoms with Crippen molar-refractivity contribution >= 4 is 29.9 Å². The summed E-state index contributed by atoms with van der Waals surface area (Å²) in [6, 6.07) is 7.22. The maximum atomic E-state index is 11.5. The van der Waals surface area contributed by atoms with Crippen LogP contribution in [0.5, 0.6) is 0 Å². The zero-order chi connectivity index (χ0) is 15.8. The maximum Gasteiger partial charge on any atom is 0.226 e. The van der Waals surface area contributed by atoms with Crippen molar-refractivity contribution in [3.05, 3.63) is 35.2 Å². The number of nitrogens with two attached hydrogens (primary N) is 1. The SMILES string of the molecule is Cl.NCCCNC(=O)CCCc1nc(-c2ccc(Cl)cc2)no1. The number of aryl methyl sites for hydroxylation is 1. The van der Waals surface area contributed by atoms with Crippen LogP contribution in [0.2, 0.25) is 5.02 Å². The van der Waals surface area contributed by atoms with Crippen LogP contribution < -0.4 is 11.1 Å². The minimum absolute atomic E-state index is 0. The minimum Gasteiger partial charge on any atom is -0.356 e.